The lowest BCUT2D eigenvalue weighted by atomic mass is 9.83. The van der Waals surface area contributed by atoms with Crippen molar-refractivity contribution in [3.8, 4) is 5.75 Å². The van der Waals surface area contributed by atoms with Crippen LogP contribution in [0.3, 0.4) is 0 Å². The van der Waals surface area contributed by atoms with E-state index in [1.54, 1.807) is 36.5 Å². The van der Waals surface area contributed by atoms with Crippen LogP contribution in [0.25, 0.3) is 10.9 Å². The third-order valence-electron chi connectivity index (χ3n) is 6.36. The van der Waals surface area contributed by atoms with Gasteiger partial charge in [0.2, 0.25) is 0 Å². The molecule has 2 heterocycles. The number of ether oxygens (including phenoxy) is 2. The van der Waals surface area contributed by atoms with Gasteiger partial charge in [-0.05, 0) is 29.8 Å². The molecule has 4 rings (SSSR count). The fourth-order valence-corrected chi connectivity index (χ4v) is 4.42. The van der Waals surface area contributed by atoms with Crippen molar-refractivity contribution < 1.29 is 39.8 Å². The molecule has 0 aliphatic carbocycles. The fraction of sp³-hybridized carbons (Fsp3) is 0.375. The lowest BCUT2D eigenvalue weighted by Gasteiger charge is -2.48. The normalized spacial score (nSPS) is 26.6. The van der Waals surface area contributed by atoms with Crippen LogP contribution in [-0.2, 0) is 11.3 Å². The Morgan fingerprint density at radius 1 is 1.17 bits per heavy atom. The fourth-order valence-electron chi connectivity index (χ4n) is 4.30. The Kier molecular flexibility index (Phi) is 7.34. The largest absolute Gasteiger partial charge is 0.497 e. The number of amides is 1. The summed E-state index contributed by atoms with van der Waals surface area (Å²) < 4.78 is 12.3. The Morgan fingerprint density at radius 2 is 1.89 bits per heavy atom. The molecule has 1 amide bonds. The first kappa shape index (κ1) is 25.4. The van der Waals surface area contributed by atoms with Crippen molar-refractivity contribution in [2.75, 3.05) is 20.3 Å². The van der Waals surface area contributed by atoms with Crippen molar-refractivity contribution in [3.63, 3.8) is 0 Å². The summed E-state index contributed by atoms with van der Waals surface area (Å²) in [6.45, 7) is -1.21. The summed E-state index contributed by atoms with van der Waals surface area (Å²) >= 11 is 5.99. The Morgan fingerprint density at radius 3 is 2.51 bits per heavy atom. The highest BCUT2D eigenvalue weighted by Gasteiger charge is 2.56. The van der Waals surface area contributed by atoms with E-state index in [1.165, 1.54) is 7.11 Å². The minimum atomic E-state index is -2.13. The van der Waals surface area contributed by atoms with E-state index < -0.39 is 49.3 Å². The predicted molar refractivity (Wildman–Crippen MR) is 126 cm³/mol. The first-order valence-corrected chi connectivity index (χ1v) is 11.3. The van der Waals surface area contributed by atoms with Gasteiger partial charge >= 0.3 is 0 Å². The van der Waals surface area contributed by atoms with E-state index >= 15 is 0 Å². The zero-order valence-corrected chi connectivity index (χ0v) is 19.6. The molecule has 35 heavy (non-hydrogen) atoms. The molecule has 188 valence electrons. The Hall–Kier alpha value is -2.70. The molecule has 1 aliphatic heterocycles. The van der Waals surface area contributed by atoms with Crippen LogP contribution in [0.5, 0.6) is 5.75 Å². The maximum Gasteiger partial charge on any atom is 0.254 e. The smallest absolute Gasteiger partial charge is 0.254 e. The highest BCUT2D eigenvalue weighted by atomic mass is 35.5. The molecule has 6 N–H and O–H groups in total. The molecule has 0 saturated carbocycles. The number of halogens is 1. The number of carbonyl (C=O) groups is 1. The molecule has 1 unspecified atom stereocenters. The van der Waals surface area contributed by atoms with Crippen LogP contribution in [0.1, 0.15) is 15.9 Å². The average molecular weight is 507 g/mol. The molecule has 5 atom stereocenters. The van der Waals surface area contributed by atoms with E-state index in [0.717, 1.165) is 5.56 Å². The lowest BCUT2D eigenvalue weighted by Crippen LogP contribution is -2.74. The lowest BCUT2D eigenvalue weighted by molar-refractivity contribution is -0.288. The Balaban J connectivity index is 1.72. The van der Waals surface area contributed by atoms with Gasteiger partial charge in [-0.1, -0.05) is 23.7 Å². The second kappa shape index (κ2) is 10.1. The molecule has 1 saturated heterocycles. The monoisotopic (exact) mass is 506 g/mol. The van der Waals surface area contributed by atoms with E-state index in [1.807, 2.05) is 16.7 Å². The van der Waals surface area contributed by atoms with Crippen LogP contribution in [0.4, 0.5) is 0 Å². The second-order valence-electron chi connectivity index (χ2n) is 8.48. The molecule has 10 nitrogen and oxygen atoms in total. The molecule has 11 heteroatoms. The quantitative estimate of drug-likeness (QED) is 0.266. The van der Waals surface area contributed by atoms with Crippen LogP contribution in [-0.4, -0.2) is 86.5 Å². The molecule has 1 fully saturated rings. The molecule has 1 aromatic heterocycles. The van der Waals surface area contributed by atoms with Crippen molar-refractivity contribution in [2.24, 2.45) is 0 Å². The molecule has 2 aromatic carbocycles. The molecule has 3 aromatic rings. The van der Waals surface area contributed by atoms with Crippen LogP contribution in [0.15, 0.2) is 48.7 Å². The number of rotatable bonds is 7. The van der Waals surface area contributed by atoms with Gasteiger partial charge in [0.05, 0.1) is 31.4 Å². The van der Waals surface area contributed by atoms with Crippen LogP contribution < -0.4 is 10.1 Å². The number of fused-ring (bicyclic) bond motifs is 1. The first-order chi connectivity index (χ1) is 16.7. The van der Waals surface area contributed by atoms with Gasteiger partial charge in [0.1, 0.15) is 29.6 Å². The molecular weight excluding hydrogens is 480 g/mol. The van der Waals surface area contributed by atoms with Gasteiger partial charge < -0.3 is 44.9 Å². The summed E-state index contributed by atoms with van der Waals surface area (Å²) in [6, 6.07) is 12.4. The summed E-state index contributed by atoms with van der Waals surface area (Å²) in [7, 11) is 1.53. The van der Waals surface area contributed by atoms with E-state index in [-0.39, 0.29) is 5.56 Å². The number of nitrogens with zero attached hydrogens (tertiary/aromatic N) is 1. The van der Waals surface area contributed by atoms with Crippen molar-refractivity contribution >= 4 is 28.4 Å². The van der Waals surface area contributed by atoms with Crippen molar-refractivity contribution in [3.05, 3.63) is 64.8 Å². The molecule has 0 radical (unpaired) electrons. The summed E-state index contributed by atoms with van der Waals surface area (Å²) in [5, 5.41) is 54.4. The highest BCUT2D eigenvalue weighted by molar-refractivity contribution is 6.30. The van der Waals surface area contributed by atoms with Gasteiger partial charge in [-0.3, -0.25) is 4.79 Å². The number of methoxy groups -OCH3 is 1. The van der Waals surface area contributed by atoms with Gasteiger partial charge in [-0.25, -0.2) is 0 Å². The predicted octanol–water partition coefficient (Wildman–Crippen LogP) is 0.244. The summed E-state index contributed by atoms with van der Waals surface area (Å²) in [5.74, 6) is -0.142. The van der Waals surface area contributed by atoms with Gasteiger partial charge in [0, 0.05) is 29.2 Å². The zero-order chi connectivity index (χ0) is 25.3. The summed E-state index contributed by atoms with van der Waals surface area (Å²) in [4.78, 5) is 13.4. The SMILES string of the molecule is COc1ccc2c(C(=O)N[C@@]3(CO)C(O)O[C@H](CO)[C@@H](O)[C@@H]3O)cn(Cc3ccc(Cl)cc3)c2c1. The number of hydrogen-bond donors (Lipinski definition) is 6. The van der Waals surface area contributed by atoms with Crippen molar-refractivity contribution in [1.29, 1.82) is 0 Å². The number of aromatic nitrogens is 1. The van der Waals surface area contributed by atoms with E-state index in [4.69, 9.17) is 21.1 Å². The number of aliphatic hydroxyl groups excluding tert-OH is 5. The summed E-state index contributed by atoms with van der Waals surface area (Å²) in [6.07, 6.45) is -5.06. The zero-order valence-electron chi connectivity index (χ0n) is 18.8. The first-order valence-electron chi connectivity index (χ1n) is 10.9. The van der Waals surface area contributed by atoms with Gasteiger partial charge in [-0.15, -0.1) is 0 Å². The van der Waals surface area contributed by atoms with Crippen LogP contribution in [0.2, 0.25) is 5.02 Å². The number of nitrogens with one attached hydrogen (secondary N) is 1. The van der Waals surface area contributed by atoms with Crippen molar-refractivity contribution in [2.45, 2.75) is 36.7 Å². The Labute approximate surface area is 205 Å². The maximum absolute atomic E-state index is 13.4. The topological polar surface area (TPSA) is 154 Å². The number of benzene rings is 2. The van der Waals surface area contributed by atoms with E-state index in [2.05, 4.69) is 5.32 Å². The summed E-state index contributed by atoms with van der Waals surface area (Å²) in [5.41, 5.74) is -0.316. The number of aliphatic hydroxyl groups is 5. The van der Waals surface area contributed by atoms with Crippen LogP contribution in [0, 0.1) is 0 Å². The average Bonchev–Trinajstić information content (AvgIpc) is 3.22. The van der Waals surface area contributed by atoms with E-state index in [9.17, 15) is 30.3 Å². The number of hydrogen-bond acceptors (Lipinski definition) is 8. The minimum Gasteiger partial charge on any atom is -0.497 e. The standard InChI is InChI=1S/C24H27ClN2O8/c1-34-15-6-7-16-17(10-27(18(16)8-15)9-13-2-4-14(25)5-3-13)22(32)26-24(12-29)21(31)20(30)19(11-28)35-23(24)33/h2-8,10,19-21,23,28-31,33H,9,11-12H2,1H3,(H,26,32)/t19-,20-,21+,23?,24-/m1/s1. The van der Waals surface area contributed by atoms with Gasteiger partial charge in [-0.2, -0.15) is 0 Å². The highest BCUT2D eigenvalue weighted by Crippen LogP contribution is 2.31. The van der Waals surface area contributed by atoms with Crippen molar-refractivity contribution in [1.82, 2.24) is 9.88 Å². The molecule has 1 aliphatic rings. The Bertz CT molecular complexity index is 1200. The third kappa shape index (κ3) is 4.62. The maximum atomic E-state index is 13.4. The third-order valence-corrected chi connectivity index (χ3v) is 6.62. The molecular formula is C24H27ClN2O8. The molecule has 0 spiro atoms. The number of carbonyl (C=O) groups excluding carboxylic acids is 1. The van der Waals surface area contributed by atoms with E-state index in [0.29, 0.717) is 28.2 Å². The minimum absolute atomic E-state index is 0.197. The van der Waals surface area contributed by atoms with Gasteiger partial charge in [0.25, 0.3) is 5.91 Å². The second-order valence-corrected chi connectivity index (χ2v) is 8.91. The van der Waals surface area contributed by atoms with Gasteiger partial charge in [0.15, 0.2) is 6.29 Å². The van der Waals surface area contributed by atoms with Crippen LogP contribution >= 0.6 is 11.6 Å². The molecule has 0 bridgehead atoms.